The molecule has 1 aliphatic heterocycles. The molecule has 244 valence electrons. The summed E-state index contributed by atoms with van der Waals surface area (Å²) in [4.78, 5) is 22.0. The molecule has 2 amide bonds. The highest BCUT2D eigenvalue weighted by molar-refractivity contribution is 6.04. The SMILES string of the molecule is C[C@H]1CCCCN1C(=N)n1cc(O[C@@H]2CC[C@H](NC(=O)NC(C=C(N)C(C)(C)C)=NCCN(C)C)c3ccccc32)ccc1=N. The lowest BCUT2D eigenvalue weighted by Crippen LogP contribution is -2.47. The zero-order valence-electron chi connectivity index (χ0n) is 27.7. The summed E-state index contributed by atoms with van der Waals surface area (Å²) in [5.74, 6) is 1.34. The molecule has 0 bridgehead atoms. The van der Waals surface area contributed by atoms with Gasteiger partial charge in [0.05, 0.1) is 18.8 Å². The van der Waals surface area contributed by atoms with E-state index < -0.39 is 0 Å². The molecule has 2 heterocycles. The first-order valence-electron chi connectivity index (χ1n) is 16.0. The molecular weight excluding hydrogens is 566 g/mol. The largest absolute Gasteiger partial charge is 0.484 e. The number of carbonyl (C=O) groups is 1. The summed E-state index contributed by atoms with van der Waals surface area (Å²) in [5, 5.41) is 23.4. The van der Waals surface area contributed by atoms with E-state index in [-0.39, 0.29) is 35.1 Å². The number of hydrogen-bond donors (Lipinski definition) is 5. The minimum absolute atomic E-state index is 0.206. The van der Waals surface area contributed by atoms with Gasteiger partial charge in [0.2, 0.25) is 5.96 Å². The highest BCUT2D eigenvalue weighted by atomic mass is 16.5. The maximum absolute atomic E-state index is 13.3. The van der Waals surface area contributed by atoms with Crippen molar-refractivity contribution < 1.29 is 9.53 Å². The Kier molecular flexibility index (Phi) is 11.1. The number of likely N-dealkylation sites (tertiary alicyclic amines) is 1. The third kappa shape index (κ3) is 8.97. The molecule has 2 aliphatic rings. The Balaban J connectivity index is 1.48. The molecule has 6 N–H and O–H groups in total. The van der Waals surface area contributed by atoms with Gasteiger partial charge in [0, 0.05) is 30.2 Å². The van der Waals surface area contributed by atoms with E-state index in [0.717, 1.165) is 37.1 Å². The Labute approximate surface area is 267 Å². The number of hydrogen-bond acceptors (Lipinski definition) is 7. The molecule has 11 nitrogen and oxygen atoms in total. The number of fused-ring (bicyclic) bond motifs is 1. The summed E-state index contributed by atoms with van der Waals surface area (Å²) in [7, 11) is 3.96. The first kappa shape index (κ1) is 33.8. The summed E-state index contributed by atoms with van der Waals surface area (Å²) < 4.78 is 8.10. The van der Waals surface area contributed by atoms with E-state index in [1.807, 2.05) is 64.0 Å². The van der Waals surface area contributed by atoms with Crippen molar-refractivity contribution in [3.05, 3.63) is 71.0 Å². The van der Waals surface area contributed by atoms with Gasteiger partial charge in [-0.15, -0.1) is 0 Å². The monoisotopic (exact) mass is 617 g/mol. The molecule has 1 aromatic heterocycles. The number of amidine groups is 1. The fourth-order valence-corrected chi connectivity index (χ4v) is 5.63. The Hall–Kier alpha value is -4.12. The standard InChI is InChI=1S/C34H51N9O2/c1-23-11-9-10-19-42(23)32(37)43-22-24(14-17-30(43)36)45-28-16-15-27(25-12-7-8-13-26(25)28)39-33(44)40-31(38-18-20-41(5)6)21-29(35)34(2,3)4/h7-8,12-14,17,21-23,27-28,36-37H,9-11,15-16,18-20,35H2,1-6H3,(H2,38,39,40,44)/t23-,27-,28+/m0/s1. The number of carbonyl (C=O) groups excluding carboxylic acids is 1. The highest BCUT2D eigenvalue weighted by Gasteiger charge is 2.30. The van der Waals surface area contributed by atoms with Crippen LogP contribution in [0.3, 0.4) is 0 Å². The van der Waals surface area contributed by atoms with Crippen LogP contribution in [0, 0.1) is 16.2 Å². The lowest BCUT2D eigenvalue weighted by Gasteiger charge is -2.36. The van der Waals surface area contributed by atoms with Crippen molar-refractivity contribution in [2.24, 2.45) is 16.1 Å². The average molecular weight is 618 g/mol. The number of nitrogens with one attached hydrogen (secondary N) is 4. The molecule has 2 aromatic rings. The Morgan fingerprint density at radius 2 is 1.87 bits per heavy atom. The van der Waals surface area contributed by atoms with Gasteiger partial charge in [-0.1, -0.05) is 45.0 Å². The average Bonchev–Trinajstić information content (AvgIpc) is 2.98. The van der Waals surface area contributed by atoms with Crippen LogP contribution in [0.15, 0.2) is 59.4 Å². The molecular formula is C34H51N9O2. The van der Waals surface area contributed by atoms with Crippen LogP contribution < -0.4 is 26.6 Å². The van der Waals surface area contributed by atoms with Crippen molar-refractivity contribution in [3.63, 3.8) is 0 Å². The fourth-order valence-electron chi connectivity index (χ4n) is 5.63. The molecule has 0 spiro atoms. The Morgan fingerprint density at radius 3 is 2.56 bits per heavy atom. The second-order valence-corrected chi connectivity index (χ2v) is 13.4. The number of benzene rings is 1. The lowest BCUT2D eigenvalue weighted by molar-refractivity contribution is 0.170. The maximum atomic E-state index is 13.3. The molecule has 4 rings (SSSR count). The molecule has 0 radical (unpaired) electrons. The number of nitrogens with two attached hydrogens (primary N) is 1. The van der Waals surface area contributed by atoms with Crippen molar-refractivity contribution >= 4 is 17.8 Å². The first-order chi connectivity index (χ1) is 21.3. The topological polar surface area (TPSA) is 148 Å². The number of piperidine rings is 1. The van der Waals surface area contributed by atoms with Crippen molar-refractivity contribution in [1.29, 1.82) is 10.8 Å². The number of ether oxygens (including phenoxy) is 1. The van der Waals surface area contributed by atoms with Crippen LogP contribution in [0.4, 0.5) is 4.79 Å². The zero-order chi connectivity index (χ0) is 32.7. The van der Waals surface area contributed by atoms with Crippen LogP contribution in [0.1, 0.15) is 83.1 Å². The predicted octanol–water partition coefficient (Wildman–Crippen LogP) is 4.73. The molecule has 0 saturated carbocycles. The number of allylic oxidation sites excluding steroid dienone is 1. The Morgan fingerprint density at radius 1 is 1.13 bits per heavy atom. The molecule has 1 fully saturated rings. The zero-order valence-corrected chi connectivity index (χ0v) is 27.7. The summed E-state index contributed by atoms with van der Waals surface area (Å²) in [6, 6.07) is 11.2. The summed E-state index contributed by atoms with van der Waals surface area (Å²) in [6.45, 7) is 10.3. The second kappa shape index (κ2) is 14.8. The Bertz CT molecular complexity index is 1470. The van der Waals surface area contributed by atoms with Crippen LogP contribution in [-0.4, -0.2) is 72.0 Å². The minimum atomic E-state index is -0.340. The van der Waals surface area contributed by atoms with Crippen molar-refractivity contribution in [3.8, 4) is 5.75 Å². The fraction of sp³-hybridized carbons (Fsp3) is 0.529. The number of amides is 2. The lowest BCUT2D eigenvalue weighted by atomic mass is 9.85. The van der Waals surface area contributed by atoms with Gasteiger partial charge >= 0.3 is 6.03 Å². The molecule has 0 unspecified atom stereocenters. The normalized spacial score (nSPS) is 20.9. The molecule has 1 aliphatic carbocycles. The van der Waals surface area contributed by atoms with Gasteiger partial charge in [0.1, 0.15) is 23.2 Å². The number of urea groups is 1. The van der Waals surface area contributed by atoms with Gasteiger partial charge in [-0.05, 0) is 82.5 Å². The molecule has 3 atom stereocenters. The van der Waals surface area contributed by atoms with E-state index in [4.69, 9.17) is 21.3 Å². The molecule has 1 saturated heterocycles. The van der Waals surface area contributed by atoms with Crippen molar-refractivity contribution in [1.82, 2.24) is 25.0 Å². The maximum Gasteiger partial charge on any atom is 0.320 e. The van der Waals surface area contributed by atoms with Gasteiger partial charge in [0.25, 0.3) is 0 Å². The van der Waals surface area contributed by atoms with Crippen molar-refractivity contribution in [2.75, 3.05) is 33.7 Å². The van der Waals surface area contributed by atoms with Gasteiger partial charge in [-0.3, -0.25) is 25.7 Å². The van der Waals surface area contributed by atoms with E-state index in [1.54, 1.807) is 29.0 Å². The summed E-state index contributed by atoms with van der Waals surface area (Å²) in [6.07, 6.45) is 7.90. The van der Waals surface area contributed by atoms with Crippen LogP contribution in [0.5, 0.6) is 5.75 Å². The molecule has 45 heavy (non-hydrogen) atoms. The number of nitrogens with zero attached hydrogens (tertiary/aromatic N) is 4. The van der Waals surface area contributed by atoms with E-state index in [1.165, 1.54) is 6.42 Å². The number of rotatable bonds is 7. The highest BCUT2D eigenvalue weighted by Crippen LogP contribution is 2.38. The molecule has 11 heteroatoms. The van der Waals surface area contributed by atoms with Gasteiger partial charge in [-0.25, -0.2) is 4.79 Å². The van der Waals surface area contributed by atoms with Crippen molar-refractivity contribution in [2.45, 2.75) is 78.0 Å². The van der Waals surface area contributed by atoms with Gasteiger partial charge in [-0.2, -0.15) is 0 Å². The third-order valence-electron chi connectivity index (χ3n) is 8.47. The quantitative estimate of drug-likeness (QED) is 0.225. The van der Waals surface area contributed by atoms with Crippen LogP contribution in [-0.2, 0) is 0 Å². The van der Waals surface area contributed by atoms with E-state index in [2.05, 4.69) is 27.4 Å². The third-order valence-corrected chi connectivity index (χ3v) is 8.47. The van der Waals surface area contributed by atoms with Crippen LogP contribution >= 0.6 is 0 Å². The van der Waals surface area contributed by atoms with Crippen LogP contribution in [0.2, 0.25) is 0 Å². The number of pyridine rings is 1. The number of aliphatic imine (C=N–C) groups is 1. The second-order valence-electron chi connectivity index (χ2n) is 13.4. The number of likely N-dealkylation sites (N-methyl/N-ethyl adjacent to an activating group) is 1. The van der Waals surface area contributed by atoms with E-state index in [9.17, 15) is 4.79 Å². The summed E-state index contributed by atoms with van der Waals surface area (Å²) >= 11 is 0. The molecule has 1 aromatic carbocycles. The van der Waals surface area contributed by atoms with Gasteiger partial charge < -0.3 is 25.6 Å². The van der Waals surface area contributed by atoms with Gasteiger partial charge in [0.15, 0.2) is 0 Å². The summed E-state index contributed by atoms with van der Waals surface area (Å²) in [5.41, 5.74) is 8.95. The number of aromatic nitrogens is 1. The minimum Gasteiger partial charge on any atom is -0.484 e. The smallest absolute Gasteiger partial charge is 0.320 e. The first-order valence-corrected chi connectivity index (χ1v) is 16.0. The van der Waals surface area contributed by atoms with Crippen LogP contribution in [0.25, 0.3) is 0 Å². The predicted molar refractivity (Wildman–Crippen MR) is 179 cm³/mol. The van der Waals surface area contributed by atoms with E-state index >= 15 is 0 Å². The van der Waals surface area contributed by atoms with E-state index in [0.29, 0.717) is 42.6 Å².